The zero-order valence-corrected chi connectivity index (χ0v) is 11.8. The van der Waals surface area contributed by atoms with Gasteiger partial charge < -0.3 is 5.32 Å². The van der Waals surface area contributed by atoms with Crippen molar-refractivity contribution in [3.63, 3.8) is 0 Å². The minimum atomic E-state index is -0.102. The van der Waals surface area contributed by atoms with Crippen molar-refractivity contribution >= 4 is 21.8 Å². The minimum Gasteiger partial charge on any atom is -0.348 e. The number of rotatable bonds is 3. The Morgan fingerprint density at radius 2 is 2.12 bits per heavy atom. The Hall–Kier alpha value is -0.830. The van der Waals surface area contributed by atoms with E-state index in [1.165, 1.54) is 11.1 Å². The summed E-state index contributed by atoms with van der Waals surface area (Å²) in [6, 6.07) is 8.56. The van der Waals surface area contributed by atoms with E-state index in [2.05, 4.69) is 39.4 Å². The van der Waals surface area contributed by atoms with E-state index in [9.17, 15) is 4.79 Å². The molecule has 1 aliphatic carbocycles. The molecule has 1 amide bonds. The number of hydrogen-bond acceptors (Lipinski definition) is 1. The number of carbonyl (C=O) groups is 1. The summed E-state index contributed by atoms with van der Waals surface area (Å²) in [5.41, 5.74) is 2.65. The van der Waals surface area contributed by atoms with Crippen LogP contribution in [-0.2, 0) is 11.2 Å². The molecule has 0 heterocycles. The summed E-state index contributed by atoms with van der Waals surface area (Å²) in [6.45, 7) is 4.09. The number of nitrogens with one attached hydrogen (secondary N) is 1. The highest BCUT2D eigenvalue weighted by molar-refractivity contribution is 9.10. The number of alkyl halides is 1. The lowest BCUT2D eigenvalue weighted by Gasteiger charge is -2.18. The Balaban J connectivity index is 2.05. The first kappa shape index (κ1) is 12.6. The predicted molar refractivity (Wildman–Crippen MR) is 73.2 cm³/mol. The summed E-state index contributed by atoms with van der Waals surface area (Å²) < 4.78 is 0. The molecule has 1 aromatic carbocycles. The van der Waals surface area contributed by atoms with Crippen LogP contribution >= 0.6 is 15.9 Å². The Bertz CT molecular complexity index is 416. The Morgan fingerprint density at radius 1 is 1.41 bits per heavy atom. The molecular formula is C14H18BrNO. The second kappa shape index (κ2) is 5.21. The SMILES string of the molecule is CC(C)C(Br)C(=O)NC1CCc2ccccc21. The van der Waals surface area contributed by atoms with Crippen molar-refractivity contribution in [1.29, 1.82) is 0 Å². The molecule has 1 aliphatic rings. The number of aryl methyl sites for hydroxylation is 1. The molecule has 0 saturated carbocycles. The lowest BCUT2D eigenvalue weighted by atomic mass is 10.1. The Kier molecular flexibility index (Phi) is 3.87. The van der Waals surface area contributed by atoms with Gasteiger partial charge in [0.15, 0.2) is 0 Å². The van der Waals surface area contributed by atoms with Crippen molar-refractivity contribution in [2.45, 2.75) is 37.6 Å². The van der Waals surface area contributed by atoms with Crippen LogP contribution in [0.15, 0.2) is 24.3 Å². The Labute approximate surface area is 111 Å². The fraction of sp³-hybridized carbons (Fsp3) is 0.500. The molecular weight excluding hydrogens is 278 g/mol. The molecule has 0 radical (unpaired) electrons. The van der Waals surface area contributed by atoms with Crippen LogP contribution in [0.3, 0.4) is 0 Å². The first-order valence-electron chi connectivity index (χ1n) is 6.12. The molecule has 2 atom stereocenters. The van der Waals surface area contributed by atoms with Crippen LogP contribution < -0.4 is 5.32 Å². The molecule has 2 unspecified atom stereocenters. The summed E-state index contributed by atoms with van der Waals surface area (Å²) in [6.07, 6.45) is 2.08. The lowest BCUT2D eigenvalue weighted by molar-refractivity contribution is -0.121. The molecule has 0 saturated heterocycles. The molecule has 0 bridgehead atoms. The molecule has 2 rings (SSSR count). The minimum absolute atomic E-state index is 0.0988. The summed E-state index contributed by atoms with van der Waals surface area (Å²) in [5.74, 6) is 0.411. The number of fused-ring (bicyclic) bond motifs is 1. The number of carbonyl (C=O) groups excluding carboxylic acids is 1. The molecule has 3 heteroatoms. The molecule has 0 fully saturated rings. The number of hydrogen-bond donors (Lipinski definition) is 1. The molecule has 17 heavy (non-hydrogen) atoms. The highest BCUT2D eigenvalue weighted by Crippen LogP contribution is 2.31. The van der Waals surface area contributed by atoms with Crippen LogP contribution in [0.2, 0.25) is 0 Å². The van der Waals surface area contributed by atoms with Gasteiger partial charge in [0, 0.05) is 0 Å². The van der Waals surface area contributed by atoms with Crippen molar-refractivity contribution in [2.75, 3.05) is 0 Å². The topological polar surface area (TPSA) is 29.1 Å². The second-order valence-corrected chi connectivity index (χ2v) is 5.93. The summed E-state index contributed by atoms with van der Waals surface area (Å²) in [5, 5.41) is 3.13. The molecule has 92 valence electrons. The molecule has 0 aliphatic heterocycles. The van der Waals surface area contributed by atoms with Gasteiger partial charge in [-0.15, -0.1) is 0 Å². The summed E-state index contributed by atoms with van der Waals surface area (Å²) in [4.78, 5) is 11.9. The highest BCUT2D eigenvalue weighted by Gasteiger charge is 2.26. The van der Waals surface area contributed by atoms with Crippen LogP contribution in [0.1, 0.15) is 37.4 Å². The third-order valence-electron chi connectivity index (χ3n) is 3.29. The maximum absolute atomic E-state index is 12.0. The van der Waals surface area contributed by atoms with Crippen LogP contribution in [0.5, 0.6) is 0 Å². The van der Waals surface area contributed by atoms with Gasteiger partial charge >= 0.3 is 0 Å². The first-order chi connectivity index (χ1) is 8.09. The summed E-state index contributed by atoms with van der Waals surface area (Å²) >= 11 is 3.44. The zero-order chi connectivity index (χ0) is 12.4. The van der Waals surface area contributed by atoms with Gasteiger partial charge in [0.05, 0.1) is 10.9 Å². The van der Waals surface area contributed by atoms with E-state index >= 15 is 0 Å². The van der Waals surface area contributed by atoms with E-state index in [0.717, 1.165) is 12.8 Å². The van der Waals surface area contributed by atoms with E-state index in [1.807, 2.05) is 19.9 Å². The third kappa shape index (κ3) is 2.71. The number of benzene rings is 1. The van der Waals surface area contributed by atoms with Crippen molar-refractivity contribution in [1.82, 2.24) is 5.32 Å². The number of halogens is 1. The molecule has 1 aromatic rings. The average Bonchev–Trinajstić information content (AvgIpc) is 2.71. The van der Waals surface area contributed by atoms with E-state index < -0.39 is 0 Å². The van der Waals surface area contributed by atoms with E-state index in [1.54, 1.807) is 0 Å². The molecule has 0 spiro atoms. The largest absolute Gasteiger partial charge is 0.348 e. The first-order valence-corrected chi connectivity index (χ1v) is 7.03. The predicted octanol–water partition coefficient (Wildman–Crippen LogP) is 3.21. The fourth-order valence-electron chi connectivity index (χ4n) is 2.26. The standard InChI is InChI=1S/C14H18BrNO/c1-9(2)13(15)14(17)16-12-8-7-10-5-3-4-6-11(10)12/h3-6,9,12-13H,7-8H2,1-2H3,(H,16,17). The van der Waals surface area contributed by atoms with Crippen molar-refractivity contribution < 1.29 is 4.79 Å². The normalized spacial score (nSPS) is 20.1. The second-order valence-electron chi connectivity index (χ2n) is 4.94. The average molecular weight is 296 g/mol. The lowest BCUT2D eigenvalue weighted by Crippen LogP contribution is -2.35. The van der Waals surface area contributed by atoms with Gasteiger partial charge in [0.2, 0.25) is 5.91 Å². The molecule has 0 aromatic heterocycles. The third-order valence-corrected chi connectivity index (χ3v) is 4.76. The smallest absolute Gasteiger partial charge is 0.234 e. The van der Waals surface area contributed by atoms with Crippen molar-refractivity contribution in [2.24, 2.45) is 5.92 Å². The van der Waals surface area contributed by atoms with Crippen LogP contribution in [0, 0.1) is 5.92 Å². The van der Waals surface area contributed by atoms with Crippen LogP contribution in [0.4, 0.5) is 0 Å². The number of amides is 1. The highest BCUT2D eigenvalue weighted by atomic mass is 79.9. The van der Waals surface area contributed by atoms with Crippen molar-refractivity contribution in [3.05, 3.63) is 35.4 Å². The van der Waals surface area contributed by atoms with Gasteiger partial charge in [-0.05, 0) is 29.9 Å². The van der Waals surface area contributed by atoms with Gasteiger partial charge in [0.1, 0.15) is 0 Å². The molecule has 1 N–H and O–H groups in total. The van der Waals surface area contributed by atoms with Crippen LogP contribution in [-0.4, -0.2) is 10.7 Å². The quantitative estimate of drug-likeness (QED) is 0.853. The van der Waals surface area contributed by atoms with Gasteiger partial charge in [-0.25, -0.2) is 0 Å². The van der Waals surface area contributed by atoms with E-state index in [-0.39, 0.29) is 16.8 Å². The van der Waals surface area contributed by atoms with E-state index in [0.29, 0.717) is 5.92 Å². The van der Waals surface area contributed by atoms with Gasteiger partial charge in [0.25, 0.3) is 0 Å². The monoisotopic (exact) mass is 295 g/mol. The van der Waals surface area contributed by atoms with Crippen LogP contribution in [0.25, 0.3) is 0 Å². The summed E-state index contributed by atoms with van der Waals surface area (Å²) in [7, 11) is 0. The molecule has 2 nitrogen and oxygen atoms in total. The van der Waals surface area contributed by atoms with Gasteiger partial charge in [-0.2, -0.15) is 0 Å². The zero-order valence-electron chi connectivity index (χ0n) is 10.2. The maximum atomic E-state index is 12.0. The fourth-order valence-corrected chi connectivity index (χ4v) is 2.39. The van der Waals surface area contributed by atoms with E-state index in [4.69, 9.17) is 0 Å². The van der Waals surface area contributed by atoms with Gasteiger partial charge in [-0.1, -0.05) is 54.0 Å². The van der Waals surface area contributed by atoms with Crippen molar-refractivity contribution in [3.8, 4) is 0 Å². The maximum Gasteiger partial charge on any atom is 0.234 e. The van der Waals surface area contributed by atoms with Gasteiger partial charge in [-0.3, -0.25) is 4.79 Å². The Morgan fingerprint density at radius 3 is 2.82 bits per heavy atom.